The third kappa shape index (κ3) is 1.52. The van der Waals surface area contributed by atoms with Crippen LogP contribution in [-0.4, -0.2) is 20.7 Å². The summed E-state index contributed by atoms with van der Waals surface area (Å²) in [4.78, 5) is 34.3. The number of carbonyl (C=O) groups excluding carboxylic acids is 1. The Labute approximate surface area is 67.2 Å². The van der Waals surface area contributed by atoms with Gasteiger partial charge in [-0.1, -0.05) is 6.92 Å². The Bertz CT molecular complexity index is 383. The van der Waals surface area contributed by atoms with Crippen molar-refractivity contribution in [2.45, 2.75) is 19.8 Å². The molecule has 0 aliphatic carbocycles. The molecule has 0 aromatic carbocycles. The summed E-state index contributed by atoms with van der Waals surface area (Å²) in [7, 11) is 0. The average Bonchev–Trinajstić information content (AvgIpc) is 2.30. The lowest BCUT2D eigenvalue weighted by molar-refractivity contribution is 0.0881. The van der Waals surface area contributed by atoms with E-state index < -0.39 is 17.3 Å². The van der Waals surface area contributed by atoms with Crippen molar-refractivity contribution in [3.8, 4) is 0 Å². The minimum Gasteiger partial charge on any atom is -0.272 e. The first-order chi connectivity index (χ1) is 5.65. The smallest absolute Gasteiger partial charge is 0.272 e. The second-order valence-corrected chi connectivity index (χ2v) is 2.35. The molecule has 0 aliphatic rings. The molecule has 6 nitrogen and oxygen atoms in total. The highest BCUT2D eigenvalue weighted by atomic mass is 16.2. The van der Waals surface area contributed by atoms with Crippen molar-refractivity contribution in [1.29, 1.82) is 0 Å². The molecule has 1 rings (SSSR count). The van der Waals surface area contributed by atoms with E-state index >= 15 is 0 Å². The molecule has 0 atom stereocenters. The maximum Gasteiger partial charge on any atom is 0.351 e. The van der Waals surface area contributed by atoms with Crippen LogP contribution in [0.1, 0.15) is 24.6 Å². The quantitative estimate of drug-likeness (QED) is 0.617. The molecule has 0 unspecified atom stereocenters. The van der Waals surface area contributed by atoms with Crippen molar-refractivity contribution in [2.75, 3.05) is 0 Å². The number of aromatic amines is 2. The molecular weight excluding hydrogens is 162 g/mol. The van der Waals surface area contributed by atoms with Crippen molar-refractivity contribution in [2.24, 2.45) is 0 Å². The van der Waals surface area contributed by atoms with Gasteiger partial charge in [0.25, 0.3) is 0 Å². The van der Waals surface area contributed by atoms with Crippen molar-refractivity contribution in [3.63, 3.8) is 0 Å². The van der Waals surface area contributed by atoms with Gasteiger partial charge in [0.2, 0.25) is 5.91 Å². The first kappa shape index (κ1) is 8.51. The molecule has 1 aromatic heterocycles. The molecule has 66 valence electrons. The maximum absolute atomic E-state index is 11.1. The lowest BCUT2D eigenvalue weighted by atomic mass is 10.3. The highest BCUT2D eigenvalue weighted by Gasteiger charge is 2.07. The molecule has 0 aliphatic heterocycles. The van der Waals surface area contributed by atoms with E-state index in [1.807, 2.05) is 11.9 Å². The SMILES string of the molecule is CCCC(=O)n1[nH]c(=O)[nH]c1=O. The molecular formula is C6H9N3O3. The monoisotopic (exact) mass is 171 g/mol. The fourth-order valence-corrected chi connectivity index (χ4v) is 0.835. The van der Waals surface area contributed by atoms with E-state index in [0.717, 1.165) is 0 Å². The number of nitrogens with one attached hydrogen (secondary N) is 2. The summed E-state index contributed by atoms with van der Waals surface area (Å²) in [6, 6.07) is 0. The number of rotatable bonds is 2. The van der Waals surface area contributed by atoms with Gasteiger partial charge in [-0.25, -0.2) is 14.7 Å². The first-order valence-electron chi connectivity index (χ1n) is 3.59. The van der Waals surface area contributed by atoms with Crippen molar-refractivity contribution < 1.29 is 4.79 Å². The molecule has 2 N–H and O–H groups in total. The Morgan fingerprint density at radius 2 is 2.17 bits per heavy atom. The Balaban J connectivity index is 3.03. The van der Waals surface area contributed by atoms with Crippen LogP contribution in [0.5, 0.6) is 0 Å². The maximum atomic E-state index is 11.1. The molecule has 1 heterocycles. The molecule has 0 spiro atoms. The molecule has 0 fully saturated rings. The van der Waals surface area contributed by atoms with Crippen LogP contribution in [0, 0.1) is 0 Å². The molecule has 0 radical (unpaired) electrons. The Kier molecular flexibility index (Phi) is 2.27. The van der Waals surface area contributed by atoms with E-state index in [4.69, 9.17) is 0 Å². The Morgan fingerprint density at radius 1 is 1.50 bits per heavy atom. The van der Waals surface area contributed by atoms with Crippen LogP contribution < -0.4 is 11.4 Å². The minimum atomic E-state index is -0.710. The van der Waals surface area contributed by atoms with Crippen LogP contribution in [0.3, 0.4) is 0 Å². The summed E-state index contributed by atoms with van der Waals surface area (Å²) in [6.45, 7) is 1.81. The Morgan fingerprint density at radius 3 is 2.58 bits per heavy atom. The third-order valence-electron chi connectivity index (χ3n) is 1.35. The topological polar surface area (TPSA) is 87.7 Å². The predicted molar refractivity (Wildman–Crippen MR) is 41.2 cm³/mol. The molecule has 12 heavy (non-hydrogen) atoms. The van der Waals surface area contributed by atoms with Crippen LogP contribution in [0.4, 0.5) is 0 Å². The van der Waals surface area contributed by atoms with Gasteiger partial charge < -0.3 is 0 Å². The van der Waals surface area contributed by atoms with Gasteiger partial charge in [0.1, 0.15) is 0 Å². The summed E-state index contributed by atoms with van der Waals surface area (Å²) in [5.41, 5.74) is -1.37. The van der Waals surface area contributed by atoms with E-state index in [2.05, 4.69) is 5.10 Å². The molecule has 0 saturated heterocycles. The molecule has 0 amide bonds. The van der Waals surface area contributed by atoms with Gasteiger partial charge in [-0.3, -0.25) is 9.78 Å². The van der Waals surface area contributed by atoms with E-state index in [-0.39, 0.29) is 6.42 Å². The highest BCUT2D eigenvalue weighted by molar-refractivity contribution is 5.77. The number of hydrogen-bond donors (Lipinski definition) is 2. The lowest BCUT2D eigenvalue weighted by Gasteiger charge is -1.94. The van der Waals surface area contributed by atoms with E-state index in [1.54, 1.807) is 0 Å². The second-order valence-electron chi connectivity index (χ2n) is 2.35. The molecule has 0 saturated carbocycles. The first-order valence-corrected chi connectivity index (χ1v) is 3.59. The molecule has 1 aromatic rings. The number of aromatic nitrogens is 3. The van der Waals surface area contributed by atoms with Crippen molar-refractivity contribution in [3.05, 3.63) is 21.0 Å². The number of nitrogens with zero attached hydrogens (tertiary/aromatic N) is 1. The standard InChI is InChI=1S/C6H9N3O3/c1-2-3-4(10)9-6(12)7-5(11)8-9/h2-3H2,1H3,(H2,7,8,11,12). The van der Waals surface area contributed by atoms with E-state index in [1.165, 1.54) is 0 Å². The second kappa shape index (κ2) is 3.21. The van der Waals surface area contributed by atoms with Crippen molar-refractivity contribution >= 4 is 5.91 Å². The fourth-order valence-electron chi connectivity index (χ4n) is 0.835. The van der Waals surface area contributed by atoms with Crippen LogP contribution >= 0.6 is 0 Å². The Hall–Kier alpha value is -1.59. The summed E-state index contributed by atoms with van der Waals surface area (Å²) in [5, 5.41) is 2.07. The lowest BCUT2D eigenvalue weighted by Crippen LogP contribution is -2.25. The van der Waals surface area contributed by atoms with Crippen LogP contribution in [0.2, 0.25) is 0 Å². The number of hydrogen-bond acceptors (Lipinski definition) is 3. The summed E-state index contributed by atoms with van der Waals surface area (Å²) in [5.74, 6) is -0.402. The van der Waals surface area contributed by atoms with Crippen molar-refractivity contribution in [1.82, 2.24) is 14.8 Å². The van der Waals surface area contributed by atoms with Crippen LogP contribution in [-0.2, 0) is 0 Å². The van der Waals surface area contributed by atoms with Crippen LogP contribution in [0.15, 0.2) is 9.59 Å². The number of H-pyrrole nitrogens is 2. The molecule has 6 heteroatoms. The van der Waals surface area contributed by atoms with E-state index in [9.17, 15) is 14.4 Å². The number of carbonyl (C=O) groups is 1. The summed E-state index contributed by atoms with van der Waals surface area (Å²) in [6.07, 6.45) is 0.881. The third-order valence-corrected chi connectivity index (χ3v) is 1.35. The predicted octanol–water partition coefficient (Wildman–Crippen LogP) is -0.695. The largest absolute Gasteiger partial charge is 0.351 e. The highest BCUT2D eigenvalue weighted by Crippen LogP contribution is 1.87. The zero-order valence-electron chi connectivity index (χ0n) is 6.59. The van der Waals surface area contributed by atoms with Gasteiger partial charge in [-0.2, -0.15) is 4.68 Å². The van der Waals surface area contributed by atoms with Gasteiger partial charge in [0.05, 0.1) is 0 Å². The van der Waals surface area contributed by atoms with E-state index in [0.29, 0.717) is 11.1 Å². The zero-order chi connectivity index (χ0) is 9.14. The van der Waals surface area contributed by atoms with Gasteiger partial charge in [0, 0.05) is 6.42 Å². The van der Waals surface area contributed by atoms with Crippen LogP contribution in [0.25, 0.3) is 0 Å². The van der Waals surface area contributed by atoms with Gasteiger partial charge in [-0.15, -0.1) is 0 Å². The summed E-state index contributed by atoms with van der Waals surface area (Å²) < 4.78 is 0.686. The average molecular weight is 171 g/mol. The van der Waals surface area contributed by atoms with Gasteiger partial charge in [0.15, 0.2) is 0 Å². The summed E-state index contributed by atoms with van der Waals surface area (Å²) >= 11 is 0. The zero-order valence-corrected chi connectivity index (χ0v) is 6.59. The minimum absolute atomic E-state index is 0.244. The van der Waals surface area contributed by atoms with Gasteiger partial charge in [-0.05, 0) is 6.42 Å². The van der Waals surface area contributed by atoms with Gasteiger partial charge >= 0.3 is 11.4 Å². The molecule has 0 bridgehead atoms. The normalized spacial score (nSPS) is 10.1. The fraction of sp³-hybridized carbons (Fsp3) is 0.500.